The van der Waals surface area contributed by atoms with Gasteiger partial charge in [-0.15, -0.1) is 0 Å². The van der Waals surface area contributed by atoms with Crippen molar-refractivity contribution in [2.75, 3.05) is 18.7 Å². The average Bonchev–Trinajstić information content (AvgIpc) is 2.67. The molecule has 0 spiro atoms. The summed E-state index contributed by atoms with van der Waals surface area (Å²) in [6.07, 6.45) is 0. The quantitative estimate of drug-likeness (QED) is 0.651. The van der Waals surface area contributed by atoms with E-state index in [0.717, 1.165) is 45.8 Å². The first-order valence-corrected chi connectivity index (χ1v) is 8.58. The van der Waals surface area contributed by atoms with Gasteiger partial charge in [0.2, 0.25) is 0 Å². The highest BCUT2D eigenvalue weighted by Crippen LogP contribution is 2.37. The van der Waals surface area contributed by atoms with Crippen LogP contribution in [0.15, 0.2) is 39.5 Å². The second kappa shape index (κ2) is 6.09. The van der Waals surface area contributed by atoms with Crippen molar-refractivity contribution in [3.05, 3.63) is 63.0 Å². The van der Waals surface area contributed by atoms with Crippen molar-refractivity contribution in [1.82, 2.24) is 0 Å². The standard InChI is InChI=1S/C21H21NO4/c1-12-13(2)21(23)26-20-14(3)19-15(9-18(12)20)10-22(11-25-19)16-5-7-17(24-4)8-6-16/h5-9H,10-11H2,1-4H3. The summed E-state index contributed by atoms with van der Waals surface area (Å²) in [6.45, 7) is 6.89. The minimum atomic E-state index is -0.284. The molecule has 26 heavy (non-hydrogen) atoms. The Hall–Kier alpha value is -2.95. The highest BCUT2D eigenvalue weighted by molar-refractivity contribution is 5.87. The van der Waals surface area contributed by atoms with Crippen molar-refractivity contribution < 1.29 is 13.9 Å². The number of hydrogen-bond donors (Lipinski definition) is 0. The maximum Gasteiger partial charge on any atom is 0.339 e. The molecule has 0 N–H and O–H groups in total. The van der Waals surface area contributed by atoms with Crippen LogP contribution in [0.25, 0.3) is 11.0 Å². The summed E-state index contributed by atoms with van der Waals surface area (Å²) < 4.78 is 16.8. The number of methoxy groups -OCH3 is 1. The van der Waals surface area contributed by atoms with Crippen LogP contribution in [-0.4, -0.2) is 13.8 Å². The van der Waals surface area contributed by atoms with Gasteiger partial charge in [-0.2, -0.15) is 0 Å². The van der Waals surface area contributed by atoms with Gasteiger partial charge in [-0.25, -0.2) is 4.79 Å². The average molecular weight is 351 g/mol. The van der Waals surface area contributed by atoms with E-state index in [1.807, 2.05) is 38.1 Å². The Balaban J connectivity index is 1.79. The third-order valence-electron chi connectivity index (χ3n) is 5.17. The molecule has 0 bridgehead atoms. The molecule has 4 rings (SSSR count). The van der Waals surface area contributed by atoms with Crippen LogP contribution in [-0.2, 0) is 6.54 Å². The van der Waals surface area contributed by atoms with Crippen LogP contribution >= 0.6 is 0 Å². The molecule has 134 valence electrons. The molecule has 5 heteroatoms. The number of nitrogens with zero attached hydrogens (tertiary/aromatic N) is 1. The van der Waals surface area contributed by atoms with Crippen LogP contribution < -0.4 is 20.0 Å². The molecule has 0 amide bonds. The van der Waals surface area contributed by atoms with E-state index in [2.05, 4.69) is 11.0 Å². The predicted molar refractivity (Wildman–Crippen MR) is 101 cm³/mol. The number of fused-ring (bicyclic) bond motifs is 2. The molecule has 2 aromatic carbocycles. The summed E-state index contributed by atoms with van der Waals surface area (Å²) in [5.41, 5.74) is 5.00. The van der Waals surface area contributed by atoms with E-state index in [1.165, 1.54) is 0 Å². The van der Waals surface area contributed by atoms with Gasteiger partial charge in [-0.3, -0.25) is 0 Å². The van der Waals surface area contributed by atoms with Crippen LogP contribution in [0.5, 0.6) is 11.5 Å². The van der Waals surface area contributed by atoms with E-state index in [9.17, 15) is 4.79 Å². The molecule has 3 aromatic rings. The summed E-state index contributed by atoms with van der Waals surface area (Å²) >= 11 is 0. The lowest BCUT2D eigenvalue weighted by Gasteiger charge is -2.32. The summed E-state index contributed by atoms with van der Waals surface area (Å²) in [5.74, 6) is 1.64. The maximum atomic E-state index is 12.0. The number of hydrogen-bond acceptors (Lipinski definition) is 5. The molecule has 2 heterocycles. The molecule has 0 aliphatic carbocycles. The lowest BCUT2D eigenvalue weighted by Crippen LogP contribution is -2.32. The molecular weight excluding hydrogens is 330 g/mol. The van der Waals surface area contributed by atoms with Gasteiger partial charge in [0.1, 0.15) is 17.1 Å². The normalized spacial score (nSPS) is 13.5. The van der Waals surface area contributed by atoms with Crippen LogP contribution in [0, 0.1) is 20.8 Å². The van der Waals surface area contributed by atoms with Gasteiger partial charge in [0.05, 0.1) is 7.11 Å². The first kappa shape index (κ1) is 16.5. The Kier molecular flexibility index (Phi) is 3.87. The molecule has 0 saturated carbocycles. The van der Waals surface area contributed by atoms with E-state index in [4.69, 9.17) is 13.9 Å². The zero-order valence-corrected chi connectivity index (χ0v) is 15.4. The van der Waals surface area contributed by atoms with Gasteiger partial charge in [-0.05, 0) is 56.7 Å². The van der Waals surface area contributed by atoms with Gasteiger partial charge in [0, 0.05) is 34.3 Å². The maximum absolute atomic E-state index is 12.0. The zero-order valence-electron chi connectivity index (χ0n) is 15.4. The molecule has 1 aromatic heterocycles. The molecular formula is C21H21NO4. The fraction of sp³-hybridized carbons (Fsp3) is 0.286. The van der Waals surface area contributed by atoms with E-state index in [-0.39, 0.29) is 5.63 Å². The summed E-state index contributed by atoms with van der Waals surface area (Å²) in [6, 6.07) is 10.0. The topological polar surface area (TPSA) is 51.9 Å². The van der Waals surface area contributed by atoms with Crippen LogP contribution in [0.4, 0.5) is 5.69 Å². The summed E-state index contributed by atoms with van der Waals surface area (Å²) in [5, 5.41) is 0.971. The fourth-order valence-electron chi connectivity index (χ4n) is 3.46. The molecule has 1 aliphatic rings. The van der Waals surface area contributed by atoms with Crippen molar-refractivity contribution in [2.45, 2.75) is 27.3 Å². The lowest BCUT2D eigenvalue weighted by molar-refractivity contribution is 0.287. The van der Waals surface area contributed by atoms with Gasteiger partial charge in [0.15, 0.2) is 6.73 Å². The second-order valence-corrected chi connectivity index (χ2v) is 6.68. The first-order valence-electron chi connectivity index (χ1n) is 8.58. The molecule has 0 radical (unpaired) electrons. The largest absolute Gasteiger partial charge is 0.497 e. The molecule has 0 unspecified atom stereocenters. The van der Waals surface area contributed by atoms with Crippen molar-refractivity contribution in [1.29, 1.82) is 0 Å². The predicted octanol–water partition coefficient (Wildman–Crippen LogP) is 4.08. The highest BCUT2D eigenvalue weighted by atomic mass is 16.5. The third kappa shape index (κ3) is 2.51. The monoisotopic (exact) mass is 351 g/mol. The van der Waals surface area contributed by atoms with Crippen LogP contribution in [0.2, 0.25) is 0 Å². The number of ether oxygens (including phenoxy) is 2. The van der Waals surface area contributed by atoms with Crippen LogP contribution in [0.3, 0.4) is 0 Å². The Labute approximate surface area is 151 Å². The van der Waals surface area contributed by atoms with Gasteiger partial charge >= 0.3 is 5.63 Å². The zero-order chi connectivity index (χ0) is 18.4. The first-order chi connectivity index (χ1) is 12.5. The van der Waals surface area contributed by atoms with Gasteiger partial charge < -0.3 is 18.8 Å². The van der Waals surface area contributed by atoms with Crippen LogP contribution in [0.1, 0.15) is 22.3 Å². The molecule has 0 fully saturated rings. The Morgan fingerprint density at radius 3 is 2.46 bits per heavy atom. The van der Waals surface area contributed by atoms with Crippen molar-refractivity contribution in [3.8, 4) is 11.5 Å². The lowest BCUT2D eigenvalue weighted by atomic mass is 9.99. The van der Waals surface area contributed by atoms with Gasteiger partial charge in [-0.1, -0.05) is 0 Å². The number of rotatable bonds is 2. The Bertz CT molecular complexity index is 1050. The van der Waals surface area contributed by atoms with Crippen molar-refractivity contribution >= 4 is 16.7 Å². The second-order valence-electron chi connectivity index (χ2n) is 6.68. The molecule has 0 saturated heterocycles. The number of aryl methyl sites for hydroxylation is 2. The summed E-state index contributed by atoms with van der Waals surface area (Å²) in [4.78, 5) is 14.2. The Morgan fingerprint density at radius 1 is 1.04 bits per heavy atom. The molecule has 0 atom stereocenters. The van der Waals surface area contributed by atoms with Crippen molar-refractivity contribution in [2.24, 2.45) is 0 Å². The molecule has 5 nitrogen and oxygen atoms in total. The smallest absolute Gasteiger partial charge is 0.339 e. The van der Waals surface area contributed by atoms with E-state index in [1.54, 1.807) is 14.0 Å². The number of anilines is 1. The minimum Gasteiger partial charge on any atom is -0.497 e. The van der Waals surface area contributed by atoms with E-state index in [0.29, 0.717) is 17.9 Å². The van der Waals surface area contributed by atoms with E-state index >= 15 is 0 Å². The van der Waals surface area contributed by atoms with Crippen molar-refractivity contribution in [3.63, 3.8) is 0 Å². The SMILES string of the molecule is COc1ccc(N2COc3c(cc4c(C)c(C)c(=O)oc4c3C)C2)cc1. The highest BCUT2D eigenvalue weighted by Gasteiger charge is 2.23. The Morgan fingerprint density at radius 2 is 1.77 bits per heavy atom. The fourth-order valence-corrected chi connectivity index (χ4v) is 3.46. The van der Waals surface area contributed by atoms with E-state index < -0.39 is 0 Å². The van der Waals surface area contributed by atoms with Gasteiger partial charge in [0.25, 0.3) is 0 Å². The summed E-state index contributed by atoms with van der Waals surface area (Å²) in [7, 11) is 1.66. The minimum absolute atomic E-state index is 0.284. The molecule has 1 aliphatic heterocycles. The third-order valence-corrected chi connectivity index (χ3v) is 5.17. The number of benzene rings is 2.